The van der Waals surface area contributed by atoms with Gasteiger partial charge in [-0.3, -0.25) is 4.79 Å². The Morgan fingerprint density at radius 2 is 1.95 bits per heavy atom. The predicted octanol–water partition coefficient (Wildman–Crippen LogP) is -1.95. The maximum Gasteiger partial charge on any atom is 0.279 e. The minimum atomic E-state index is 0.0547. The summed E-state index contributed by atoms with van der Waals surface area (Å²) in [6.45, 7) is 4.93. The summed E-state index contributed by atoms with van der Waals surface area (Å²) in [5.74, 6) is 0.757. The van der Waals surface area contributed by atoms with Gasteiger partial charge in [0, 0.05) is 0 Å². The SMILES string of the molecule is COc1ccccc1NC(=O)C[NH+]1CC[NH+](C)CC1. The van der Waals surface area contributed by atoms with Crippen molar-refractivity contribution in [3.05, 3.63) is 24.3 Å². The number of ether oxygens (including phenoxy) is 1. The number of benzene rings is 1. The number of carbonyl (C=O) groups excluding carboxylic acids is 1. The van der Waals surface area contributed by atoms with Gasteiger partial charge >= 0.3 is 0 Å². The fourth-order valence-corrected chi connectivity index (χ4v) is 2.38. The molecular formula is C14H23N3O2+2. The van der Waals surface area contributed by atoms with Crippen LogP contribution in [-0.2, 0) is 4.79 Å². The van der Waals surface area contributed by atoms with Crippen LogP contribution in [0.3, 0.4) is 0 Å². The molecule has 104 valence electrons. The molecule has 1 aliphatic heterocycles. The highest BCUT2D eigenvalue weighted by molar-refractivity contribution is 5.92. The second kappa shape index (κ2) is 6.54. The van der Waals surface area contributed by atoms with E-state index in [1.54, 1.807) is 12.0 Å². The third-order valence-corrected chi connectivity index (χ3v) is 3.60. The van der Waals surface area contributed by atoms with E-state index in [4.69, 9.17) is 4.74 Å². The van der Waals surface area contributed by atoms with Gasteiger partial charge in [-0.2, -0.15) is 0 Å². The lowest BCUT2D eigenvalue weighted by Gasteiger charge is -2.26. The minimum absolute atomic E-state index is 0.0547. The second-order valence-electron chi connectivity index (χ2n) is 5.13. The first-order valence-corrected chi connectivity index (χ1v) is 6.77. The summed E-state index contributed by atoms with van der Waals surface area (Å²) >= 11 is 0. The van der Waals surface area contributed by atoms with Crippen LogP contribution >= 0.6 is 0 Å². The Morgan fingerprint density at radius 3 is 2.63 bits per heavy atom. The quantitative estimate of drug-likeness (QED) is 0.592. The lowest BCUT2D eigenvalue weighted by molar-refractivity contribution is -0.999. The van der Waals surface area contributed by atoms with Crippen molar-refractivity contribution in [3.63, 3.8) is 0 Å². The highest BCUT2D eigenvalue weighted by Gasteiger charge is 2.22. The molecule has 1 aromatic rings. The second-order valence-corrected chi connectivity index (χ2v) is 5.13. The monoisotopic (exact) mass is 265 g/mol. The first-order valence-electron chi connectivity index (χ1n) is 6.77. The van der Waals surface area contributed by atoms with Crippen LogP contribution in [0.15, 0.2) is 24.3 Å². The van der Waals surface area contributed by atoms with E-state index in [1.807, 2.05) is 24.3 Å². The van der Waals surface area contributed by atoms with E-state index in [2.05, 4.69) is 12.4 Å². The van der Waals surface area contributed by atoms with E-state index < -0.39 is 0 Å². The average Bonchev–Trinajstić information content (AvgIpc) is 2.42. The fraction of sp³-hybridized carbons (Fsp3) is 0.500. The third-order valence-electron chi connectivity index (χ3n) is 3.60. The number of piperazine rings is 1. The molecule has 5 heteroatoms. The summed E-state index contributed by atoms with van der Waals surface area (Å²) in [7, 11) is 3.81. The van der Waals surface area contributed by atoms with Crippen LogP contribution in [0.1, 0.15) is 0 Å². The fourth-order valence-electron chi connectivity index (χ4n) is 2.38. The van der Waals surface area contributed by atoms with E-state index in [-0.39, 0.29) is 5.91 Å². The maximum absolute atomic E-state index is 12.0. The number of quaternary nitrogens is 2. The molecular weight excluding hydrogens is 242 g/mol. The molecule has 5 nitrogen and oxygen atoms in total. The lowest BCUT2D eigenvalue weighted by Crippen LogP contribution is -3.27. The standard InChI is InChI=1S/C14H21N3O2/c1-16-7-9-17(10-8-16)11-14(18)15-12-5-3-4-6-13(12)19-2/h3-6H,7-11H2,1-2H3,(H,15,18)/p+2. The molecule has 0 spiro atoms. The van der Waals surface area contributed by atoms with Crippen molar-refractivity contribution < 1.29 is 19.3 Å². The van der Waals surface area contributed by atoms with Gasteiger partial charge in [-0.15, -0.1) is 0 Å². The van der Waals surface area contributed by atoms with Gasteiger partial charge in [0.1, 0.15) is 31.9 Å². The predicted molar refractivity (Wildman–Crippen MR) is 73.8 cm³/mol. The molecule has 1 heterocycles. The highest BCUT2D eigenvalue weighted by Crippen LogP contribution is 2.22. The zero-order chi connectivity index (χ0) is 13.7. The molecule has 1 aromatic carbocycles. The Morgan fingerprint density at radius 1 is 1.26 bits per heavy atom. The molecule has 1 saturated heterocycles. The number of likely N-dealkylation sites (N-methyl/N-ethyl adjacent to an activating group) is 1. The van der Waals surface area contributed by atoms with E-state index >= 15 is 0 Å². The van der Waals surface area contributed by atoms with Gasteiger partial charge in [0.2, 0.25) is 0 Å². The number of amides is 1. The van der Waals surface area contributed by atoms with Gasteiger partial charge in [0.15, 0.2) is 6.54 Å². The van der Waals surface area contributed by atoms with Gasteiger partial charge < -0.3 is 19.9 Å². The van der Waals surface area contributed by atoms with E-state index in [0.717, 1.165) is 31.9 Å². The van der Waals surface area contributed by atoms with Crippen molar-refractivity contribution in [2.75, 3.05) is 52.2 Å². The average molecular weight is 265 g/mol. The molecule has 19 heavy (non-hydrogen) atoms. The molecule has 3 N–H and O–H groups in total. The number of para-hydroxylation sites is 2. The first-order chi connectivity index (χ1) is 9.19. The summed E-state index contributed by atoms with van der Waals surface area (Å²) in [6, 6.07) is 7.50. The number of hydrogen-bond acceptors (Lipinski definition) is 2. The van der Waals surface area contributed by atoms with Crippen molar-refractivity contribution in [1.29, 1.82) is 0 Å². The summed E-state index contributed by atoms with van der Waals surface area (Å²) in [6.07, 6.45) is 0. The number of methoxy groups -OCH3 is 1. The molecule has 0 radical (unpaired) electrons. The topological polar surface area (TPSA) is 47.2 Å². The smallest absolute Gasteiger partial charge is 0.279 e. The van der Waals surface area contributed by atoms with Crippen molar-refractivity contribution in [2.45, 2.75) is 0 Å². The number of anilines is 1. The number of carbonyl (C=O) groups is 1. The molecule has 0 atom stereocenters. The van der Waals surface area contributed by atoms with Crippen molar-refractivity contribution in [1.82, 2.24) is 0 Å². The van der Waals surface area contributed by atoms with Crippen molar-refractivity contribution in [3.8, 4) is 5.75 Å². The van der Waals surface area contributed by atoms with Crippen molar-refractivity contribution >= 4 is 11.6 Å². The summed E-state index contributed by atoms with van der Waals surface area (Å²) < 4.78 is 5.23. The maximum atomic E-state index is 12.0. The molecule has 0 saturated carbocycles. The normalized spacial score (nSPS) is 22.8. The zero-order valence-electron chi connectivity index (χ0n) is 11.7. The molecule has 0 unspecified atom stereocenters. The van der Waals surface area contributed by atoms with Crippen LogP contribution in [0, 0.1) is 0 Å². The van der Waals surface area contributed by atoms with Gasteiger partial charge in [0.25, 0.3) is 5.91 Å². The van der Waals surface area contributed by atoms with Gasteiger partial charge in [-0.05, 0) is 12.1 Å². The van der Waals surface area contributed by atoms with Crippen LogP contribution in [0.5, 0.6) is 5.75 Å². The molecule has 0 aliphatic carbocycles. The summed E-state index contributed by atoms with van der Waals surface area (Å²) in [4.78, 5) is 14.9. The largest absolute Gasteiger partial charge is 0.495 e. The minimum Gasteiger partial charge on any atom is -0.495 e. The van der Waals surface area contributed by atoms with E-state index in [1.165, 1.54) is 4.90 Å². The summed E-state index contributed by atoms with van der Waals surface area (Å²) in [5, 5.41) is 2.93. The van der Waals surface area contributed by atoms with Crippen LogP contribution < -0.4 is 19.9 Å². The Balaban J connectivity index is 1.87. The Kier molecular flexibility index (Phi) is 4.76. The molecule has 1 aliphatic rings. The first kappa shape index (κ1) is 13.8. The number of hydrogen-bond donors (Lipinski definition) is 3. The van der Waals surface area contributed by atoms with Gasteiger partial charge in [-0.25, -0.2) is 0 Å². The van der Waals surface area contributed by atoms with Crippen LogP contribution in [0.2, 0.25) is 0 Å². The Bertz CT molecular complexity index is 428. The third kappa shape index (κ3) is 3.94. The van der Waals surface area contributed by atoms with Gasteiger partial charge in [0.05, 0.1) is 19.8 Å². The lowest BCUT2D eigenvalue weighted by atomic mass is 10.3. The molecule has 2 rings (SSSR count). The molecule has 0 bridgehead atoms. The number of rotatable bonds is 4. The summed E-state index contributed by atoms with van der Waals surface area (Å²) in [5.41, 5.74) is 0.745. The Labute approximate surface area is 114 Å². The number of nitrogens with one attached hydrogen (secondary N) is 3. The molecule has 0 aromatic heterocycles. The van der Waals surface area contributed by atoms with E-state index in [9.17, 15) is 4.79 Å². The van der Waals surface area contributed by atoms with E-state index in [0.29, 0.717) is 12.3 Å². The highest BCUT2D eigenvalue weighted by atomic mass is 16.5. The molecule has 1 amide bonds. The van der Waals surface area contributed by atoms with Gasteiger partial charge in [-0.1, -0.05) is 12.1 Å². The molecule has 1 fully saturated rings. The zero-order valence-corrected chi connectivity index (χ0v) is 11.7. The van der Waals surface area contributed by atoms with Crippen molar-refractivity contribution in [2.24, 2.45) is 0 Å². The van der Waals surface area contributed by atoms with Crippen LogP contribution in [0.4, 0.5) is 5.69 Å². The van der Waals surface area contributed by atoms with Crippen LogP contribution in [-0.4, -0.2) is 52.8 Å². The Hall–Kier alpha value is -1.59. The van der Waals surface area contributed by atoms with Crippen LogP contribution in [0.25, 0.3) is 0 Å².